The van der Waals surface area contributed by atoms with Gasteiger partial charge in [-0.2, -0.15) is 0 Å². The lowest BCUT2D eigenvalue weighted by Gasteiger charge is -2.05. The van der Waals surface area contributed by atoms with Crippen LogP contribution < -0.4 is 5.32 Å². The van der Waals surface area contributed by atoms with E-state index in [4.69, 9.17) is 11.2 Å². The number of aryl methyl sites for hydroxylation is 2. The first-order chi connectivity index (χ1) is 9.65. The molecule has 0 heterocycles. The van der Waals surface area contributed by atoms with E-state index < -0.39 is 0 Å². The number of ether oxygens (including phenoxy) is 1. The summed E-state index contributed by atoms with van der Waals surface area (Å²) in [5.41, 5.74) is 2.34. The third kappa shape index (κ3) is 6.05. The van der Waals surface area contributed by atoms with Gasteiger partial charge < -0.3 is 10.1 Å². The Morgan fingerprint density at radius 1 is 1.25 bits per heavy atom. The largest absolute Gasteiger partial charge is 0.456 e. The molecule has 1 rings (SSSR count). The fourth-order valence-corrected chi connectivity index (χ4v) is 1.61. The highest BCUT2D eigenvalue weighted by Gasteiger charge is 2.07. The normalized spacial score (nSPS) is 9.60. The summed E-state index contributed by atoms with van der Waals surface area (Å²) >= 11 is 0. The van der Waals surface area contributed by atoms with Gasteiger partial charge in [0, 0.05) is 6.42 Å². The summed E-state index contributed by atoms with van der Waals surface area (Å²) in [6, 6.07) is 8.11. The van der Waals surface area contributed by atoms with Crippen molar-refractivity contribution in [2.75, 3.05) is 13.2 Å². The Kier molecular flexibility index (Phi) is 6.91. The van der Waals surface area contributed by atoms with Crippen molar-refractivity contribution >= 4 is 11.9 Å². The minimum Gasteiger partial charge on any atom is -0.456 e. The molecule has 1 amide bonds. The fourth-order valence-electron chi connectivity index (χ4n) is 1.61. The van der Waals surface area contributed by atoms with Crippen LogP contribution in [-0.2, 0) is 27.2 Å². The van der Waals surface area contributed by atoms with Gasteiger partial charge in [0.25, 0.3) is 5.91 Å². The molecule has 106 valence electrons. The molecule has 1 aromatic carbocycles. The lowest BCUT2D eigenvalue weighted by atomic mass is 10.1. The Morgan fingerprint density at radius 2 is 1.90 bits per heavy atom. The first kappa shape index (κ1) is 15.8. The second kappa shape index (κ2) is 8.76. The summed E-state index contributed by atoms with van der Waals surface area (Å²) in [6.45, 7) is 1.95. The fraction of sp³-hybridized carbons (Fsp3) is 0.375. The average molecular weight is 273 g/mol. The third-order valence-corrected chi connectivity index (χ3v) is 2.80. The highest BCUT2D eigenvalue weighted by atomic mass is 16.5. The topological polar surface area (TPSA) is 55.4 Å². The summed E-state index contributed by atoms with van der Waals surface area (Å²) < 4.78 is 4.85. The van der Waals surface area contributed by atoms with Gasteiger partial charge in [0.2, 0.25) is 0 Å². The zero-order valence-corrected chi connectivity index (χ0v) is 11.6. The van der Waals surface area contributed by atoms with E-state index in [1.54, 1.807) is 0 Å². The molecule has 0 saturated heterocycles. The van der Waals surface area contributed by atoms with Crippen LogP contribution >= 0.6 is 0 Å². The van der Waals surface area contributed by atoms with Crippen LogP contribution in [0.15, 0.2) is 24.3 Å². The van der Waals surface area contributed by atoms with Gasteiger partial charge >= 0.3 is 5.97 Å². The van der Waals surface area contributed by atoms with Crippen LogP contribution in [-0.4, -0.2) is 25.0 Å². The number of carbonyl (C=O) groups excluding carboxylic acids is 2. The van der Waals surface area contributed by atoms with Gasteiger partial charge in [-0.05, 0) is 24.0 Å². The Labute approximate surface area is 119 Å². The van der Waals surface area contributed by atoms with Gasteiger partial charge in [0.1, 0.15) is 0 Å². The molecule has 20 heavy (non-hydrogen) atoms. The predicted molar refractivity (Wildman–Crippen MR) is 76.9 cm³/mol. The Morgan fingerprint density at radius 3 is 2.50 bits per heavy atom. The number of terminal acetylenes is 1. The van der Waals surface area contributed by atoms with Crippen molar-refractivity contribution in [3.8, 4) is 12.3 Å². The lowest BCUT2D eigenvalue weighted by molar-refractivity contribution is -0.148. The van der Waals surface area contributed by atoms with E-state index in [9.17, 15) is 9.59 Å². The maximum atomic E-state index is 11.5. The molecule has 4 heteroatoms. The van der Waals surface area contributed by atoms with E-state index >= 15 is 0 Å². The first-order valence-corrected chi connectivity index (χ1v) is 6.59. The zero-order chi connectivity index (χ0) is 14.8. The standard InChI is InChI=1S/C16H19NO3/c1-3-11-17-15(18)12-20-16(19)10-9-14-7-5-13(4-2)6-8-14/h1,5-8H,4,9-12H2,2H3,(H,17,18). The molecule has 0 fully saturated rings. The predicted octanol–water partition coefficient (Wildman–Crippen LogP) is 1.47. The first-order valence-electron chi connectivity index (χ1n) is 6.59. The van der Waals surface area contributed by atoms with Crippen LogP contribution in [0.5, 0.6) is 0 Å². The molecule has 0 unspecified atom stereocenters. The maximum Gasteiger partial charge on any atom is 0.306 e. The molecule has 0 aliphatic rings. The Hall–Kier alpha value is -2.28. The quantitative estimate of drug-likeness (QED) is 0.604. The van der Waals surface area contributed by atoms with Gasteiger partial charge in [-0.25, -0.2) is 0 Å². The summed E-state index contributed by atoms with van der Waals surface area (Å²) in [5, 5.41) is 2.42. The smallest absolute Gasteiger partial charge is 0.306 e. The van der Waals surface area contributed by atoms with Crippen molar-refractivity contribution < 1.29 is 14.3 Å². The molecule has 0 saturated carbocycles. The zero-order valence-electron chi connectivity index (χ0n) is 11.6. The Bertz CT molecular complexity index is 485. The second-order valence-corrected chi connectivity index (χ2v) is 4.31. The molecular formula is C16H19NO3. The number of hydrogen-bond acceptors (Lipinski definition) is 3. The number of nitrogens with one attached hydrogen (secondary N) is 1. The number of benzene rings is 1. The monoisotopic (exact) mass is 273 g/mol. The van der Waals surface area contributed by atoms with Gasteiger partial charge in [-0.15, -0.1) is 6.42 Å². The highest BCUT2D eigenvalue weighted by molar-refractivity contribution is 5.80. The Balaban J connectivity index is 2.25. The van der Waals surface area contributed by atoms with E-state index in [0.717, 1.165) is 12.0 Å². The molecule has 1 aromatic rings. The molecule has 0 aromatic heterocycles. The molecule has 1 N–H and O–H groups in total. The van der Waals surface area contributed by atoms with Crippen molar-refractivity contribution in [1.82, 2.24) is 5.32 Å². The van der Waals surface area contributed by atoms with Crippen LogP contribution in [0.1, 0.15) is 24.5 Å². The average Bonchev–Trinajstić information content (AvgIpc) is 2.49. The van der Waals surface area contributed by atoms with E-state index in [0.29, 0.717) is 6.42 Å². The van der Waals surface area contributed by atoms with Crippen molar-refractivity contribution in [2.24, 2.45) is 0 Å². The van der Waals surface area contributed by atoms with E-state index in [1.165, 1.54) is 5.56 Å². The van der Waals surface area contributed by atoms with Crippen molar-refractivity contribution in [3.05, 3.63) is 35.4 Å². The molecule has 0 aliphatic carbocycles. The maximum absolute atomic E-state index is 11.5. The van der Waals surface area contributed by atoms with E-state index in [1.807, 2.05) is 24.3 Å². The molecule has 0 aliphatic heterocycles. The molecule has 0 spiro atoms. The lowest BCUT2D eigenvalue weighted by Crippen LogP contribution is -2.29. The molecule has 0 atom stereocenters. The molecule has 4 nitrogen and oxygen atoms in total. The van der Waals surface area contributed by atoms with Crippen molar-refractivity contribution in [1.29, 1.82) is 0 Å². The van der Waals surface area contributed by atoms with E-state index in [2.05, 4.69) is 18.2 Å². The van der Waals surface area contributed by atoms with Crippen LogP contribution in [0.25, 0.3) is 0 Å². The van der Waals surface area contributed by atoms with Crippen LogP contribution in [0, 0.1) is 12.3 Å². The second-order valence-electron chi connectivity index (χ2n) is 4.31. The van der Waals surface area contributed by atoms with Gasteiger partial charge in [-0.1, -0.05) is 37.1 Å². The SMILES string of the molecule is C#CCNC(=O)COC(=O)CCc1ccc(CC)cc1. The van der Waals surface area contributed by atoms with Gasteiger partial charge in [-0.3, -0.25) is 9.59 Å². The molecular weight excluding hydrogens is 254 g/mol. The van der Waals surface area contributed by atoms with Crippen LogP contribution in [0.2, 0.25) is 0 Å². The third-order valence-electron chi connectivity index (χ3n) is 2.80. The highest BCUT2D eigenvalue weighted by Crippen LogP contribution is 2.07. The van der Waals surface area contributed by atoms with Crippen LogP contribution in [0.3, 0.4) is 0 Å². The van der Waals surface area contributed by atoms with Crippen molar-refractivity contribution in [2.45, 2.75) is 26.2 Å². The number of hydrogen-bond donors (Lipinski definition) is 1. The minimum absolute atomic E-state index is 0.139. The number of esters is 1. The minimum atomic E-state index is -0.388. The summed E-state index contributed by atoms with van der Waals surface area (Å²) in [7, 11) is 0. The van der Waals surface area contributed by atoms with E-state index in [-0.39, 0.29) is 31.4 Å². The number of carbonyl (C=O) groups is 2. The summed E-state index contributed by atoms with van der Waals surface area (Å²) in [6.07, 6.45) is 6.85. The van der Waals surface area contributed by atoms with Gasteiger partial charge in [0.15, 0.2) is 6.61 Å². The number of amides is 1. The van der Waals surface area contributed by atoms with Crippen LogP contribution in [0.4, 0.5) is 0 Å². The van der Waals surface area contributed by atoms with Crippen molar-refractivity contribution in [3.63, 3.8) is 0 Å². The molecule has 0 radical (unpaired) electrons. The summed E-state index contributed by atoms with van der Waals surface area (Å²) in [5.74, 6) is 1.50. The number of rotatable bonds is 7. The molecule has 0 bridgehead atoms. The summed E-state index contributed by atoms with van der Waals surface area (Å²) in [4.78, 5) is 22.6. The van der Waals surface area contributed by atoms with Gasteiger partial charge in [0.05, 0.1) is 6.54 Å².